The lowest BCUT2D eigenvalue weighted by Crippen LogP contribution is -2.26. The Kier molecular flexibility index (Phi) is 5.94. The summed E-state index contributed by atoms with van der Waals surface area (Å²) in [7, 11) is 1.62. The van der Waals surface area contributed by atoms with E-state index in [1.165, 1.54) is 12.1 Å². The number of carbonyl (C=O) groups excluding carboxylic acids is 1. The van der Waals surface area contributed by atoms with Crippen LogP contribution in [0.15, 0.2) is 60.7 Å². The van der Waals surface area contributed by atoms with Crippen LogP contribution in [0.5, 0.6) is 5.75 Å². The molecule has 27 heavy (non-hydrogen) atoms. The topological polar surface area (TPSA) is 76.1 Å². The van der Waals surface area contributed by atoms with E-state index in [4.69, 9.17) is 4.74 Å². The summed E-state index contributed by atoms with van der Waals surface area (Å²) in [6, 6.07) is 16.8. The molecular weight excluding hydrogens is 347 g/mol. The van der Waals surface area contributed by atoms with Gasteiger partial charge >= 0.3 is 0 Å². The molecule has 1 aromatic heterocycles. The Morgan fingerprint density at radius 2 is 1.74 bits per heavy atom. The minimum Gasteiger partial charge on any atom is -0.497 e. The van der Waals surface area contributed by atoms with Gasteiger partial charge in [-0.2, -0.15) is 0 Å². The molecule has 6 nitrogen and oxygen atoms in total. The maximum absolute atomic E-state index is 12.9. The fraction of sp³-hybridized carbons (Fsp3) is 0.150. The smallest absolute Gasteiger partial charge is 0.271 e. The minimum atomic E-state index is -0.312. The number of benzene rings is 2. The summed E-state index contributed by atoms with van der Waals surface area (Å²) < 4.78 is 18.0. The average molecular weight is 366 g/mol. The molecule has 0 aliphatic rings. The number of amides is 1. The molecule has 0 unspecified atom stereocenters. The summed E-state index contributed by atoms with van der Waals surface area (Å²) in [5.74, 6) is 0.668. The molecule has 7 heteroatoms. The van der Waals surface area contributed by atoms with E-state index < -0.39 is 0 Å². The van der Waals surface area contributed by atoms with Crippen LogP contribution in [0.1, 0.15) is 16.1 Å². The van der Waals surface area contributed by atoms with Gasteiger partial charge in [0.05, 0.1) is 7.11 Å². The monoisotopic (exact) mass is 366 g/mol. The number of methoxy groups -OCH3 is 1. The molecule has 1 amide bonds. The molecule has 0 radical (unpaired) electrons. The molecule has 1 heterocycles. The van der Waals surface area contributed by atoms with Crippen molar-refractivity contribution in [2.45, 2.75) is 6.42 Å². The first-order valence-electron chi connectivity index (χ1n) is 8.41. The standard InChI is InChI=1S/C20H19FN4O2/c1-27-17-8-2-14(3-9-17)12-13-22-20(26)18-10-11-19(25-24-18)23-16-6-4-15(21)5-7-16/h2-11H,12-13H2,1H3,(H,22,26)(H,23,25). The van der Waals surface area contributed by atoms with E-state index >= 15 is 0 Å². The number of nitrogens with one attached hydrogen (secondary N) is 2. The van der Waals surface area contributed by atoms with E-state index in [0.29, 0.717) is 24.5 Å². The molecular formula is C20H19FN4O2. The second-order valence-electron chi connectivity index (χ2n) is 5.79. The highest BCUT2D eigenvalue weighted by Crippen LogP contribution is 2.14. The Bertz CT molecular complexity index is 881. The second kappa shape index (κ2) is 8.75. The SMILES string of the molecule is COc1ccc(CCNC(=O)c2ccc(Nc3ccc(F)cc3)nn2)cc1. The van der Waals surface area contributed by atoms with Gasteiger partial charge in [0.15, 0.2) is 11.5 Å². The number of halogens is 1. The van der Waals surface area contributed by atoms with Crippen LogP contribution in [0.3, 0.4) is 0 Å². The highest BCUT2D eigenvalue weighted by atomic mass is 19.1. The first-order chi connectivity index (χ1) is 13.1. The van der Waals surface area contributed by atoms with Crippen molar-refractivity contribution in [3.63, 3.8) is 0 Å². The third kappa shape index (κ3) is 5.24. The largest absolute Gasteiger partial charge is 0.497 e. The van der Waals surface area contributed by atoms with Crippen molar-refractivity contribution in [2.75, 3.05) is 19.0 Å². The summed E-state index contributed by atoms with van der Waals surface area (Å²) in [4.78, 5) is 12.1. The van der Waals surface area contributed by atoms with Crippen LogP contribution in [-0.4, -0.2) is 29.8 Å². The molecule has 0 saturated heterocycles. The molecule has 138 valence electrons. The van der Waals surface area contributed by atoms with Crippen LogP contribution < -0.4 is 15.4 Å². The predicted octanol–water partition coefficient (Wildman–Crippen LogP) is 3.34. The van der Waals surface area contributed by atoms with Gasteiger partial charge in [0, 0.05) is 12.2 Å². The van der Waals surface area contributed by atoms with Crippen molar-refractivity contribution in [3.05, 3.63) is 77.7 Å². The zero-order chi connectivity index (χ0) is 19.1. The first kappa shape index (κ1) is 18.3. The van der Waals surface area contributed by atoms with E-state index in [1.54, 1.807) is 31.4 Å². The van der Waals surface area contributed by atoms with Gasteiger partial charge in [0.25, 0.3) is 5.91 Å². The molecule has 0 bridgehead atoms. The normalized spacial score (nSPS) is 10.3. The quantitative estimate of drug-likeness (QED) is 0.671. The van der Waals surface area contributed by atoms with Crippen molar-refractivity contribution in [3.8, 4) is 5.75 Å². The fourth-order valence-electron chi connectivity index (χ4n) is 2.40. The molecule has 0 fully saturated rings. The number of hydrogen-bond acceptors (Lipinski definition) is 5. The van der Waals surface area contributed by atoms with Gasteiger partial charge < -0.3 is 15.4 Å². The number of hydrogen-bond donors (Lipinski definition) is 2. The summed E-state index contributed by atoms with van der Waals surface area (Å²) in [6.07, 6.45) is 0.702. The zero-order valence-corrected chi connectivity index (χ0v) is 14.8. The first-order valence-corrected chi connectivity index (χ1v) is 8.41. The summed E-state index contributed by atoms with van der Waals surface area (Å²) in [6.45, 7) is 0.489. The molecule has 0 atom stereocenters. The van der Waals surface area contributed by atoms with E-state index in [9.17, 15) is 9.18 Å². The highest BCUT2D eigenvalue weighted by Gasteiger charge is 2.08. The zero-order valence-electron chi connectivity index (χ0n) is 14.8. The Morgan fingerprint density at radius 1 is 1.00 bits per heavy atom. The minimum absolute atomic E-state index is 0.231. The van der Waals surface area contributed by atoms with Crippen LogP contribution >= 0.6 is 0 Å². The van der Waals surface area contributed by atoms with Gasteiger partial charge in [0.2, 0.25) is 0 Å². The molecule has 0 saturated carbocycles. The molecule has 2 aromatic carbocycles. The molecule has 3 aromatic rings. The van der Waals surface area contributed by atoms with Crippen LogP contribution in [0.2, 0.25) is 0 Å². The number of aromatic nitrogens is 2. The Hall–Kier alpha value is -3.48. The summed E-state index contributed by atoms with van der Waals surface area (Å²) in [5, 5.41) is 13.7. The molecule has 2 N–H and O–H groups in total. The molecule has 3 rings (SSSR count). The Morgan fingerprint density at radius 3 is 2.37 bits per heavy atom. The maximum atomic E-state index is 12.9. The van der Waals surface area contributed by atoms with E-state index in [-0.39, 0.29) is 17.4 Å². The summed E-state index contributed by atoms with van der Waals surface area (Å²) >= 11 is 0. The highest BCUT2D eigenvalue weighted by molar-refractivity contribution is 5.92. The average Bonchev–Trinajstić information content (AvgIpc) is 2.71. The lowest BCUT2D eigenvalue weighted by Gasteiger charge is -2.07. The lowest BCUT2D eigenvalue weighted by molar-refractivity contribution is 0.0948. The van der Waals surface area contributed by atoms with Crippen LogP contribution in [0.4, 0.5) is 15.9 Å². The third-order valence-electron chi connectivity index (χ3n) is 3.87. The van der Waals surface area contributed by atoms with Gasteiger partial charge in [-0.15, -0.1) is 10.2 Å². The van der Waals surface area contributed by atoms with Crippen LogP contribution in [0.25, 0.3) is 0 Å². The van der Waals surface area contributed by atoms with E-state index in [0.717, 1.165) is 11.3 Å². The number of carbonyl (C=O) groups is 1. The molecule has 0 aliphatic carbocycles. The van der Waals surface area contributed by atoms with Crippen LogP contribution in [-0.2, 0) is 6.42 Å². The van der Waals surface area contributed by atoms with Crippen LogP contribution in [0, 0.1) is 5.82 Å². The van der Waals surface area contributed by atoms with E-state index in [1.807, 2.05) is 24.3 Å². The van der Waals surface area contributed by atoms with Gasteiger partial charge in [0.1, 0.15) is 11.6 Å². The van der Waals surface area contributed by atoms with Gasteiger partial charge in [-0.1, -0.05) is 12.1 Å². The predicted molar refractivity (Wildman–Crippen MR) is 101 cm³/mol. The lowest BCUT2D eigenvalue weighted by atomic mass is 10.1. The number of ether oxygens (including phenoxy) is 1. The number of rotatable bonds is 7. The fourth-order valence-corrected chi connectivity index (χ4v) is 2.40. The Balaban J connectivity index is 1.50. The Labute approximate surface area is 156 Å². The molecule has 0 spiro atoms. The van der Waals surface area contributed by atoms with Crippen molar-refractivity contribution >= 4 is 17.4 Å². The van der Waals surface area contributed by atoms with Crippen molar-refractivity contribution in [2.24, 2.45) is 0 Å². The van der Waals surface area contributed by atoms with Gasteiger partial charge in [-0.25, -0.2) is 4.39 Å². The summed E-state index contributed by atoms with van der Waals surface area (Å²) in [5.41, 5.74) is 2.01. The van der Waals surface area contributed by atoms with Crippen molar-refractivity contribution in [1.29, 1.82) is 0 Å². The number of nitrogens with zero attached hydrogens (tertiary/aromatic N) is 2. The van der Waals surface area contributed by atoms with E-state index in [2.05, 4.69) is 20.8 Å². The van der Waals surface area contributed by atoms with Gasteiger partial charge in [-0.3, -0.25) is 4.79 Å². The van der Waals surface area contributed by atoms with Crippen molar-refractivity contribution < 1.29 is 13.9 Å². The maximum Gasteiger partial charge on any atom is 0.271 e. The van der Waals surface area contributed by atoms with Gasteiger partial charge in [-0.05, 0) is 60.5 Å². The second-order valence-corrected chi connectivity index (χ2v) is 5.79. The third-order valence-corrected chi connectivity index (χ3v) is 3.87. The van der Waals surface area contributed by atoms with Crippen molar-refractivity contribution in [1.82, 2.24) is 15.5 Å². The molecule has 0 aliphatic heterocycles. The number of anilines is 2.